The van der Waals surface area contributed by atoms with E-state index in [1.54, 1.807) is 24.4 Å². The van der Waals surface area contributed by atoms with Crippen LogP contribution in [0.15, 0.2) is 34.9 Å². The van der Waals surface area contributed by atoms with Crippen LogP contribution in [0, 0.1) is 12.7 Å². The lowest BCUT2D eigenvalue weighted by Gasteiger charge is -2.02. The van der Waals surface area contributed by atoms with E-state index >= 15 is 0 Å². The van der Waals surface area contributed by atoms with Crippen molar-refractivity contribution in [3.63, 3.8) is 0 Å². The van der Waals surface area contributed by atoms with Crippen molar-refractivity contribution in [1.82, 2.24) is 4.98 Å². The number of furan rings is 1. The molecule has 18 heavy (non-hydrogen) atoms. The van der Waals surface area contributed by atoms with Crippen molar-refractivity contribution >= 4 is 22.3 Å². The third-order valence-corrected chi connectivity index (χ3v) is 3.66. The fourth-order valence-corrected chi connectivity index (χ4v) is 2.61. The Labute approximate surface area is 107 Å². The molecule has 1 N–H and O–H groups in total. The summed E-state index contributed by atoms with van der Waals surface area (Å²) in [7, 11) is 0. The molecule has 92 valence electrons. The minimum Gasteiger partial charge on any atom is -0.455 e. The minimum atomic E-state index is -0.900. The van der Waals surface area contributed by atoms with Crippen LogP contribution in [0.4, 0.5) is 4.39 Å². The van der Waals surface area contributed by atoms with Gasteiger partial charge in [0.2, 0.25) is 0 Å². The number of thiazole rings is 1. The van der Waals surface area contributed by atoms with E-state index in [-0.39, 0.29) is 5.58 Å². The molecule has 0 saturated heterocycles. The number of aliphatic hydroxyl groups is 1. The second-order valence-electron chi connectivity index (χ2n) is 3.99. The monoisotopic (exact) mass is 263 g/mol. The van der Waals surface area contributed by atoms with Crippen molar-refractivity contribution in [2.24, 2.45) is 0 Å². The zero-order chi connectivity index (χ0) is 12.7. The summed E-state index contributed by atoms with van der Waals surface area (Å²) < 4.78 is 18.9. The standard InChI is InChI=1S/C13H10FNO2S/c1-7-15-6-11(18-7)12(16)10-5-8-3-2-4-9(14)13(8)17-10/h2-6,12,16H,1H3. The van der Waals surface area contributed by atoms with E-state index in [0.717, 1.165) is 5.01 Å². The fraction of sp³-hybridized carbons (Fsp3) is 0.154. The number of aliphatic hydroxyl groups excluding tert-OH is 1. The summed E-state index contributed by atoms with van der Waals surface area (Å²) in [5, 5.41) is 11.7. The van der Waals surface area contributed by atoms with E-state index in [9.17, 15) is 9.50 Å². The van der Waals surface area contributed by atoms with Crippen molar-refractivity contribution in [1.29, 1.82) is 0 Å². The molecule has 2 heterocycles. The van der Waals surface area contributed by atoms with E-state index in [4.69, 9.17) is 4.42 Å². The van der Waals surface area contributed by atoms with Crippen LogP contribution in [0.1, 0.15) is 21.7 Å². The van der Waals surface area contributed by atoms with Crippen LogP contribution in [-0.4, -0.2) is 10.1 Å². The summed E-state index contributed by atoms with van der Waals surface area (Å²) in [5.74, 6) is -0.0924. The van der Waals surface area contributed by atoms with Crippen molar-refractivity contribution in [2.45, 2.75) is 13.0 Å². The molecule has 0 aliphatic heterocycles. The molecular formula is C13H10FNO2S. The molecule has 0 bridgehead atoms. The normalized spacial score (nSPS) is 13.1. The maximum Gasteiger partial charge on any atom is 0.170 e. The average molecular weight is 263 g/mol. The van der Waals surface area contributed by atoms with E-state index in [0.29, 0.717) is 16.0 Å². The van der Waals surface area contributed by atoms with Crippen molar-refractivity contribution < 1.29 is 13.9 Å². The number of fused-ring (bicyclic) bond motifs is 1. The Morgan fingerprint density at radius 2 is 2.28 bits per heavy atom. The van der Waals surface area contributed by atoms with Crippen LogP contribution >= 0.6 is 11.3 Å². The number of aromatic nitrogens is 1. The molecule has 3 rings (SSSR count). The molecule has 2 aromatic heterocycles. The lowest BCUT2D eigenvalue weighted by atomic mass is 10.2. The quantitative estimate of drug-likeness (QED) is 0.770. The van der Waals surface area contributed by atoms with Crippen molar-refractivity contribution in [3.8, 4) is 0 Å². The first kappa shape index (κ1) is 11.4. The van der Waals surface area contributed by atoms with Gasteiger partial charge in [0.15, 0.2) is 11.4 Å². The van der Waals surface area contributed by atoms with Crippen LogP contribution in [0.25, 0.3) is 11.0 Å². The molecule has 1 atom stereocenters. The van der Waals surface area contributed by atoms with Gasteiger partial charge in [0.1, 0.15) is 11.9 Å². The second kappa shape index (κ2) is 4.19. The third kappa shape index (κ3) is 1.81. The molecule has 3 aromatic rings. The third-order valence-electron chi connectivity index (χ3n) is 2.69. The lowest BCUT2D eigenvalue weighted by molar-refractivity contribution is 0.195. The van der Waals surface area contributed by atoms with E-state index in [2.05, 4.69) is 4.98 Å². The summed E-state index contributed by atoms with van der Waals surface area (Å²) in [4.78, 5) is 4.76. The van der Waals surface area contributed by atoms with Gasteiger partial charge in [0.05, 0.1) is 9.88 Å². The van der Waals surface area contributed by atoms with Gasteiger partial charge in [-0.3, -0.25) is 0 Å². The van der Waals surface area contributed by atoms with Gasteiger partial charge in [-0.1, -0.05) is 12.1 Å². The Morgan fingerprint density at radius 1 is 1.44 bits per heavy atom. The van der Waals surface area contributed by atoms with Crippen molar-refractivity contribution in [2.75, 3.05) is 0 Å². The molecule has 0 aliphatic rings. The van der Waals surface area contributed by atoms with Gasteiger partial charge in [-0.25, -0.2) is 9.37 Å². The van der Waals surface area contributed by atoms with E-state index < -0.39 is 11.9 Å². The van der Waals surface area contributed by atoms with Gasteiger partial charge < -0.3 is 9.52 Å². The highest BCUT2D eigenvalue weighted by molar-refractivity contribution is 7.11. The van der Waals surface area contributed by atoms with E-state index in [1.807, 2.05) is 6.92 Å². The summed E-state index contributed by atoms with van der Waals surface area (Å²) in [6.45, 7) is 1.86. The fourth-order valence-electron chi connectivity index (χ4n) is 1.83. The maximum absolute atomic E-state index is 13.5. The number of rotatable bonds is 2. The van der Waals surface area contributed by atoms with Gasteiger partial charge in [-0.05, 0) is 19.1 Å². The zero-order valence-corrected chi connectivity index (χ0v) is 10.4. The average Bonchev–Trinajstić information content (AvgIpc) is 2.95. The number of para-hydroxylation sites is 1. The SMILES string of the molecule is Cc1ncc(C(O)c2cc3cccc(F)c3o2)s1. The van der Waals surface area contributed by atoms with Crippen molar-refractivity contribution in [3.05, 3.63) is 51.9 Å². The minimum absolute atomic E-state index is 0.174. The first-order valence-corrected chi connectivity index (χ1v) is 6.25. The summed E-state index contributed by atoms with van der Waals surface area (Å²) in [6, 6.07) is 6.34. The molecule has 0 aliphatic carbocycles. The Morgan fingerprint density at radius 3 is 2.94 bits per heavy atom. The number of aryl methyl sites for hydroxylation is 1. The van der Waals surface area contributed by atoms with Crippen LogP contribution in [0.3, 0.4) is 0 Å². The molecule has 0 spiro atoms. The summed E-state index contributed by atoms with van der Waals surface area (Å²) in [6.07, 6.45) is 0.705. The summed E-state index contributed by atoms with van der Waals surface area (Å²) >= 11 is 1.39. The zero-order valence-electron chi connectivity index (χ0n) is 9.55. The predicted octanol–water partition coefficient (Wildman–Crippen LogP) is 3.42. The number of halogens is 1. The van der Waals surface area contributed by atoms with Gasteiger partial charge in [-0.15, -0.1) is 11.3 Å². The Kier molecular flexibility index (Phi) is 2.65. The number of benzene rings is 1. The van der Waals surface area contributed by atoms with Crippen LogP contribution in [0.2, 0.25) is 0 Å². The smallest absolute Gasteiger partial charge is 0.170 e. The summed E-state index contributed by atoms with van der Waals surface area (Å²) in [5.41, 5.74) is 0.174. The first-order valence-electron chi connectivity index (χ1n) is 5.43. The first-order chi connectivity index (χ1) is 8.65. The molecule has 5 heteroatoms. The predicted molar refractivity (Wildman–Crippen MR) is 67.1 cm³/mol. The second-order valence-corrected chi connectivity index (χ2v) is 5.26. The number of nitrogens with zero attached hydrogens (tertiary/aromatic N) is 1. The van der Waals surface area contributed by atoms with Gasteiger partial charge in [-0.2, -0.15) is 0 Å². The largest absolute Gasteiger partial charge is 0.455 e. The highest BCUT2D eigenvalue weighted by Gasteiger charge is 2.18. The molecular weight excluding hydrogens is 253 g/mol. The highest BCUT2D eigenvalue weighted by atomic mass is 32.1. The number of hydrogen-bond donors (Lipinski definition) is 1. The lowest BCUT2D eigenvalue weighted by Crippen LogP contribution is -1.94. The Hall–Kier alpha value is -1.72. The van der Waals surface area contributed by atoms with Crippen LogP contribution in [0.5, 0.6) is 0 Å². The van der Waals surface area contributed by atoms with Gasteiger partial charge in [0, 0.05) is 11.6 Å². The molecule has 0 saturated carbocycles. The molecule has 1 unspecified atom stereocenters. The van der Waals surface area contributed by atoms with E-state index in [1.165, 1.54) is 17.4 Å². The van der Waals surface area contributed by atoms with Crippen LogP contribution in [-0.2, 0) is 0 Å². The topological polar surface area (TPSA) is 46.3 Å². The molecule has 0 fully saturated rings. The van der Waals surface area contributed by atoms with Crippen LogP contribution < -0.4 is 0 Å². The molecule has 0 radical (unpaired) electrons. The number of hydrogen-bond acceptors (Lipinski definition) is 4. The molecule has 0 amide bonds. The highest BCUT2D eigenvalue weighted by Crippen LogP contribution is 2.31. The molecule has 3 nitrogen and oxygen atoms in total. The molecule has 1 aromatic carbocycles. The van der Waals surface area contributed by atoms with Gasteiger partial charge in [0.25, 0.3) is 0 Å². The van der Waals surface area contributed by atoms with Gasteiger partial charge >= 0.3 is 0 Å². The maximum atomic E-state index is 13.5. The Bertz CT molecular complexity index is 704. The Balaban J connectivity index is 2.06.